The van der Waals surface area contributed by atoms with Gasteiger partial charge in [0, 0.05) is 32.1 Å². The fraction of sp³-hybridized carbons (Fsp3) is 0.600. The Kier molecular flexibility index (Phi) is 9.06. The van der Waals surface area contributed by atoms with Gasteiger partial charge in [0.25, 0.3) is 5.91 Å². The summed E-state index contributed by atoms with van der Waals surface area (Å²) in [6.07, 6.45) is 1.88. The van der Waals surface area contributed by atoms with E-state index in [1.165, 1.54) is 0 Å². The summed E-state index contributed by atoms with van der Waals surface area (Å²) in [7, 11) is 0. The molecule has 1 aromatic rings. The quantitative estimate of drug-likeness (QED) is 0.692. The number of benzene rings is 1. The number of nitrogens with zero attached hydrogens (tertiary/aromatic N) is 1. The molecule has 1 heterocycles. The van der Waals surface area contributed by atoms with Gasteiger partial charge in [-0.05, 0) is 37.3 Å². The highest BCUT2D eigenvalue weighted by molar-refractivity contribution is 5.96. The second-order valence-corrected chi connectivity index (χ2v) is 7.49. The lowest BCUT2D eigenvalue weighted by Gasteiger charge is -2.42. The molecule has 0 radical (unpaired) electrons. The highest BCUT2D eigenvalue weighted by Crippen LogP contribution is 2.28. The predicted molar refractivity (Wildman–Crippen MR) is 109 cm³/mol. The van der Waals surface area contributed by atoms with Crippen LogP contribution in [0.5, 0.6) is 5.75 Å². The second kappa shape index (κ2) is 10.5. The van der Waals surface area contributed by atoms with E-state index in [1.54, 1.807) is 12.1 Å². The van der Waals surface area contributed by atoms with Gasteiger partial charge in [-0.3, -0.25) is 9.59 Å². The van der Waals surface area contributed by atoms with Gasteiger partial charge < -0.3 is 20.7 Å². The van der Waals surface area contributed by atoms with Gasteiger partial charge in [-0.1, -0.05) is 26.0 Å². The molecule has 0 bridgehead atoms. The van der Waals surface area contributed by atoms with Gasteiger partial charge >= 0.3 is 0 Å². The molecule has 0 spiro atoms. The number of hydrogen-bond donors (Lipinski definition) is 2. The minimum Gasteiger partial charge on any atom is -0.493 e. The van der Waals surface area contributed by atoms with Gasteiger partial charge in [-0.25, -0.2) is 0 Å². The lowest BCUT2D eigenvalue weighted by atomic mass is 9.79. The van der Waals surface area contributed by atoms with E-state index in [-0.39, 0.29) is 35.7 Å². The molecule has 0 aliphatic carbocycles. The summed E-state index contributed by atoms with van der Waals surface area (Å²) >= 11 is 0. The molecule has 1 fully saturated rings. The molecular formula is C20H32ClN3O3. The molecule has 0 saturated carbocycles. The average molecular weight is 398 g/mol. The van der Waals surface area contributed by atoms with Crippen LogP contribution in [0.1, 0.15) is 50.4 Å². The summed E-state index contributed by atoms with van der Waals surface area (Å²) in [5.74, 6) is 0.538. The Bertz CT molecular complexity index is 637. The van der Waals surface area contributed by atoms with Crippen LogP contribution in [0, 0.1) is 5.41 Å². The van der Waals surface area contributed by atoms with Crippen molar-refractivity contribution in [3.8, 4) is 5.75 Å². The van der Waals surface area contributed by atoms with E-state index in [0.29, 0.717) is 43.9 Å². The largest absolute Gasteiger partial charge is 0.493 e. The number of rotatable bonds is 7. The summed E-state index contributed by atoms with van der Waals surface area (Å²) in [5, 5.41) is 2.87. The average Bonchev–Trinajstić information content (AvgIpc) is 2.61. The van der Waals surface area contributed by atoms with Crippen molar-refractivity contribution in [2.24, 2.45) is 11.1 Å². The van der Waals surface area contributed by atoms with Gasteiger partial charge in [0.05, 0.1) is 12.2 Å². The van der Waals surface area contributed by atoms with Crippen LogP contribution in [0.15, 0.2) is 24.3 Å². The Morgan fingerprint density at radius 1 is 1.33 bits per heavy atom. The van der Waals surface area contributed by atoms with Crippen LogP contribution in [-0.2, 0) is 4.79 Å². The predicted octanol–water partition coefficient (Wildman–Crippen LogP) is 2.60. The number of ether oxygens (including phenoxy) is 1. The number of nitrogens with one attached hydrogen (secondary N) is 1. The number of halogens is 1. The fourth-order valence-corrected chi connectivity index (χ4v) is 3.22. The van der Waals surface area contributed by atoms with Crippen LogP contribution in [0.4, 0.5) is 0 Å². The number of hydrogen-bond acceptors (Lipinski definition) is 4. The van der Waals surface area contributed by atoms with Gasteiger partial charge in [-0.15, -0.1) is 12.4 Å². The Labute approximate surface area is 168 Å². The lowest BCUT2D eigenvalue weighted by molar-refractivity contribution is -0.134. The zero-order valence-corrected chi connectivity index (χ0v) is 17.3. The Morgan fingerprint density at radius 3 is 2.70 bits per heavy atom. The number of nitrogens with two attached hydrogens (primary N) is 1. The summed E-state index contributed by atoms with van der Waals surface area (Å²) in [4.78, 5) is 26.6. The van der Waals surface area contributed by atoms with Gasteiger partial charge in [0.1, 0.15) is 5.75 Å². The normalized spacial score (nSPS) is 18.4. The van der Waals surface area contributed by atoms with Crippen LogP contribution in [0.2, 0.25) is 0 Å². The molecule has 2 rings (SSSR count). The molecule has 7 heteroatoms. The minimum absolute atomic E-state index is 0. The summed E-state index contributed by atoms with van der Waals surface area (Å²) in [6.45, 7) is 8.48. The second-order valence-electron chi connectivity index (χ2n) is 7.49. The highest BCUT2D eigenvalue weighted by atomic mass is 35.5. The fourth-order valence-electron chi connectivity index (χ4n) is 3.22. The van der Waals surface area contributed by atoms with Crippen molar-refractivity contribution in [3.63, 3.8) is 0 Å². The van der Waals surface area contributed by atoms with E-state index >= 15 is 0 Å². The number of amides is 2. The topological polar surface area (TPSA) is 84.7 Å². The maximum atomic E-state index is 12.4. The molecular weight excluding hydrogens is 366 g/mol. The first-order chi connectivity index (χ1) is 12.3. The molecule has 6 nitrogen and oxygen atoms in total. The first-order valence-corrected chi connectivity index (χ1v) is 9.38. The highest BCUT2D eigenvalue weighted by Gasteiger charge is 2.34. The number of para-hydroxylation sites is 1. The van der Waals surface area contributed by atoms with E-state index in [0.717, 1.165) is 13.0 Å². The minimum atomic E-state index is -0.174. The zero-order valence-electron chi connectivity index (χ0n) is 16.5. The number of piperidine rings is 1. The van der Waals surface area contributed by atoms with Crippen LogP contribution in [0.3, 0.4) is 0 Å². The van der Waals surface area contributed by atoms with Crippen LogP contribution < -0.4 is 15.8 Å². The lowest BCUT2D eigenvalue weighted by Crippen LogP contribution is -2.54. The van der Waals surface area contributed by atoms with Crippen molar-refractivity contribution in [2.75, 3.05) is 26.2 Å². The third kappa shape index (κ3) is 6.40. The molecule has 3 N–H and O–H groups in total. The SMILES string of the molecule is CCOc1ccccc1C(=O)NCCCC(=O)N1CCC(N)C(C)(C)C1.Cl. The Balaban J connectivity index is 0.00000364. The third-order valence-electron chi connectivity index (χ3n) is 4.95. The molecule has 1 saturated heterocycles. The van der Waals surface area contributed by atoms with Crippen LogP contribution in [-0.4, -0.2) is 49.0 Å². The third-order valence-corrected chi connectivity index (χ3v) is 4.95. The molecule has 1 aromatic carbocycles. The Morgan fingerprint density at radius 2 is 2.04 bits per heavy atom. The van der Waals surface area contributed by atoms with E-state index < -0.39 is 0 Å². The number of likely N-dealkylation sites (tertiary alicyclic amines) is 1. The van der Waals surface area contributed by atoms with Crippen molar-refractivity contribution >= 4 is 24.2 Å². The number of carbonyl (C=O) groups excluding carboxylic acids is 2. The van der Waals surface area contributed by atoms with Crippen molar-refractivity contribution in [1.82, 2.24) is 10.2 Å². The van der Waals surface area contributed by atoms with Crippen LogP contribution >= 0.6 is 12.4 Å². The number of carbonyl (C=O) groups is 2. The standard InChI is InChI=1S/C20H31N3O3.ClH/c1-4-26-16-9-6-5-8-15(16)19(25)22-12-7-10-18(24)23-13-11-17(21)20(2,3)14-23;/h5-6,8-9,17H,4,7,10-14,21H2,1-3H3,(H,22,25);1H. The molecule has 1 atom stereocenters. The monoisotopic (exact) mass is 397 g/mol. The molecule has 1 unspecified atom stereocenters. The molecule has 2 amide bonds. The van der Waals surface area contributed by atoms with Gasteiger partial charge in [0.2, 0.25) is 5.91 Å². The molecule has 0 aromatic heterocycles. The molecule has 1 aliphatic heterocycles. The van der Waals surface area contributed by atoms with Gasteiger partial charge in [-0.2, -0.15) is 0 Å². The smallest absolute Gasteiger partial charge is 0.255 e. The van der Waals surface area contributed by atoms with Crippen molar-refractivity contribution in [2.45, 2.75) is 46.1 Å². The van der Waals surface area contributed by atoms with Gasteiger partial charge in [0.15, 0.2) is 0 Å². The van der Waals surface area contributed by atoms with Crippen molar-refractivity contribution in [3.05, 3.63) is 29.8 Å². The van der Waals surface area contributed by atoms with E-state index in [1.807, 2.05) is 24.0 Å². The van der Waals surface area contributed by atoms with Crippen molar-refractivity contribution < 1.29 is 14.3 Å². The first-order valence-electron chi connectivity index (χ1n) is 9.38. The van der Waals surface area contributed by atoms with Crippen molar-refractivity contribution in [1.29, 1.82) is 0 Å². The summed E-state index contributed by atoms with van der Waals surface area (Å²) in [5.41, 5.74) is 6.59. The maximum absolute atomic E-state index is 12.4. The van der Waals surface area contributed by atoms with Crippen LogP contribution in [0.25, 0.3) is 0 Å². The maximum Gasteiger partial charge on any atom is 0.255 e. The molecule has 27 heavy (non-hydrogen) atoms. The summed E-state index contributed by atoms with van der Waals surface area (Å²) in [6, 6.07) is 7.31. The summed E-state index contributed by atoms with van der Waals surface area (Å²) < 4.78 is 5.48. The Hall–Kier alpha value is -1.79. The molecule has 1 aliphatic rings. The molecule has 152 valence electrons. The zero-order chi connectivity index (χ0) is 19.2. The first kappa shape index (κ1) is 23.2. The van der Waals surface area contributed by atoms with E-state index in [4.69, 9.17) is 10.5 Å². The van der Waals surface area contributed by atoms with E-state index in [9.17, 15) is 9.59 Å². The van der Waals surface area contributed by atoms with E-state index in [2.05, 4.69) is 19.2 Å².